The first-order valence-electron chi connectivity index (χ1n) is 9.08. The van der Waals surface area contributed by atoms with Gasteiger partial charge in [-0.05, 0) is 42.8 Å². The number of hydrogen-bond acceptors (Lipinski definition) is 6. The van der Waals surface area contributed by atoms with Gasteiger partial charge in [0.05, 0.1) is 7.11 Å². The molecule has 3 rings (SSSR count). The molecule has 0 aliphatic carbocycles. The fourth-order valence-corrected chi connectivity index (χ4v) is 2.56. The molecule has 7 nitrogen and oxygen atoms in total. The zero-order valence-corrected chi connectivity index (χ0v) is 16.4. The lowest BCUT2D eigenvalue weighted by atomic mass is 10.2. The summed E-state index contributed by atoms with van der Waals surface area (Å²) in [7, 11) is 1.63. The number of rotatable bonds is 8. The van der Waals surface area contributed by atoms with Crippen LogP contribution in [0.25, 0.3) is 0 Å². The SMILES string of the molecule is C=CC(=O)NCc1ccc(Nc2nc(Nc3cccc(OC)c3)ncc2C)cc1. The molecule has 0 radical (unpaired) electrons. The number of nitrogens with one attached hydrogen (secondary N) is 3. The molecule has 0 aliphatic rings. The summed E-state index contributed by atoms with van der Waals surface area (Å²) in [5.74, 6) is 1.75. The fraction of sp³-hybridized carbons (Fsp3) is 0.136. The van der Waals surface area contributed by atoms with Gasteiger partial charge < -0.3 is 20.7 Å². The van der Waals surface area contributed by atoms with E-state index in [0.29, 0.717) is 18.3 Å². The molecule has 0 aliphatic heterocycles. The summed E-state index contributed by atoms with van der Waals surface area (Å²) >= 11 is 0. The van der Waals surface area contributed by atoms with E-state index in [9.17, 15) is 4.79 Å². The molecule has 29 heavy (non-hydrogen) atoms. The number of carbonyl (C=O) groups excluding carboxylic acids is 1. The monoisotopic (exact) mass is 389 g/mol. The van der Waals surface area contributed by atoms with Crippen LogP contribution in [0.1, 0.15) is 11.1 Å². The Balaban J connectivity index is 1.69. The molecule has 0 atom stereocenters. The van der Waals surface area contributed by atoms with Crippen molar-refractivity contribution < 1.29 is 9.53 Å². The highest BCUT2D eigenvalue weighted by molar-refractivity contribution is 5.86. The summed E-state index contributed by atoms with van der Waals surface area (Å²) < 4.78 is 5.24. The van der Waals surface area contributed by atoms with E-state index in [0.717, 1.165) is 28.3 Å². The normalized spacial score (nSPS) is 10.1. The van der Waals surface area contributed by atoms with Gasteiger partial charge in [-0.1, -0.05) is 24.8 Å². The van der Waals surface area contributed by atoms with Crippen molar-refractivity contribution in [2.45, 2.75) is 13.5 Å². The van der Waals surface area contributed by atoms with Crippen LogP contribution in [-0.4, -0.2) is 23.0 Å². The molecule has 1 amide bonds. The molecule has 7 heteroatoms. The molecule has 0 unspecified atom stereocenters. The third-order valence-electron chi connectivity index (χ3n) is 4.17. The Morgan fingerprint density at radius 1 is 1.14 bits per heavy atom. The van der Waals surface area contributed by atoms with Crippen molar-refractivity contribution in [2.24, 2.45) is 0 Å². The molecule has 1 heterocycles. The summed E-state index contributed by atoms with van der Waals surface area (Å²) in [5, 5.41) is 9.24. The van der Waals surface area contributed by atoms with Gasteiger partial charge in [-0.3, -0.25) is 4.79 Å². The maximum absolute atomic E-state index is 11.3. The number of aromatic nitrogens is 2. The van der Waals surface area contributed by atoms with Crippen molar-refractivity contribution in [2.75, 3.05) is 17.7 Å². The van der Waals surface area contributed by atoms with Crippen LogP contribution in [0.2, 0.25) is 0 Å². The van der Waals surface area contributed by atoms with Gasteiger partial charge in [0.1, 0.15) is 11.6 Å². The van der Waals surface area contributed by atoms with Crippen LogP contribution in [0.5, 0.6) is 5.75 Å². The molecule has 0 bridgehead atoms. The molecule has 2 aromatic carbocycles. The topological polar surface area (TPSA) is 88.2 Å². The van der Waals surface area contributed by atoms with Gasteiger partial charge in [0, 0.05) is 35.7 Å². The Hall–Kier alpha value is -3.87. The largest absolute Gasteiger partial charge is 0.497 e. The lowest BCUT2D eigenvalue weighted by Crippen LogP contribution is -2.19. The minimum Gasteiger partial charge on any atom is -0.497 e. The maximum Gasteiger partial charge on any atom is 0.243 e. The van der Waals surface area contributed by atoms with E-state index in [1.165, 1.54) is 6.08 Å². The number of ether oxygens (including phenoxy) is 1. The Kier molecular flexibility index (Phi) is 6.42. The molecule has 0 fully saturated rings. The molecule has 148 valence electrons. The highest BCUT2D eigenvalue weighted by Crippen LogP contribution is 2.23. The molecule has 3 N–H and O–H groups in total. The molecule has 0 spiro atoms. The van der Waals surface area contributed by atoms with Crippen LogP contribution in [0.15, 0.2) is 67.4 Å². The van der Waals surface area contributed by atoms with E-state index in [-0.39, 0.29) is 5.91 Å². The number of benzene rings is 2. The van der Waals surface area contributed by atoms with Gasteiger partial charge in [-0.15, -0.1) is 0 Å². The first-order valence-corrected chi connectivity index (χ1v) is 9.08. The summed E-state index contributed by atoms with van der Waals surface area (Å²) in [5.41, 5.74) is 3.64. The highest BCUT2D eigenvalue weighted by Gasteiger charge is 2.06. The third kappa shape index (κ3) is 5.55. The first kappa shape index (κ1) is 19.9. The minimum atomic E-state index is -0.195. The molecular formula is C22H23N5O2. The summed E-state index contributed by atoms with van der Waals surface area (Å²) in [6.07, 6.45) is 3.02. The minimum absolute atomic E-state index is 0.195. The second-order valence-corrected chi connectivity index (χ2v) is 6.33. The number of amides is 1. The Morgan fingerprint density at radius 3 is 2.66 bits per heavy atom. The smallest absolute Gasteiger partial charge is 0.243 e. The zero-order valence-electron chi connectivity index (χ0n) is 16.4. The van der Waals surface area contributed by atoms with Crippen LogP contribution < -0.4 is 20.7 Å². The number of carbonyl (C=O) groups is 1. The van der Waals surface area contributed by atoms with Gasteiger partial charge in [0.15, 0.2) is 0 Å². The van der Waals surface area contributed by atoms with Gasteiger partial charge in [0.2, 0.25) is 11.9 Å². The fourth-order valence-electron chi connectivity index (χ4n) is 2.56. The Labute approximate surface area is 169 Å². The van der Waals surface area contributed by atoms with E-state index < -0.39 is 0 Å². The van der Waals surface area contributed by atoms with Crippen molar-refractivity contribution in [3.63, 3.8) is 0 Å². The van der Waals surface area contributed by atoms with E-state index in [1.807, 2.05) is 55.5 Å². The highest BCUT2D eigenvalue weighted by atomic mass is 16.5. The van der Waals surface area contributed by atoms with Crippen molar-refractivity contribution >= 4 is 29.0 Å². The van der Waals surface area contributed by atoms with Gasteiger partial charge in [-0.2, -0.15) is 4.98 Å². The second kappa shape index (κ2) is 9.36. The van der Waals surface area contributed by atoms with Crippen molar-refractivity contribution in [1.82, 2.24) is 15.3 Å². The first-order chi connectivity index (χ1) is 14.1. The lowest BCUT2D eigenvalue weighted by Gasteiger charge is -2.12. The number of methoxy groups -OCH3 is 1. The summed E-state index contributed by atoms with van der Waals surface area (Å²) in [4.78, 5) is 20.2. The van der Waals surface area contributed by atoms with Gasteiger partial charge in [-0.25, -0.2) is 4.98 Å². The van der Waals surface area contributed by atoms with E-state index >= 15 is 0 Å². The molecule has 0 saturated carbocycles. The van der Waals surface area contributed by atoms with Gasteiger partial charge in [0.25, 0.3) is 0 Å². The van der Waals surface area contributed by atoms with Crippen LogP contribution in [0.4, 0.5) is 23.1 Å². The number of anilines is 4. The summed E-state index contributed by atoms with van der Waals surface area (Å²) in [6.45, 7) is 5.83. The lowest BCUT2D eigenvalue weighted by molar-refractivity contribution is -0.116. The summed E-state index contributed by atoms with van der Waals surface area (Å²) in [6, 6.07) is 15.3. The van der Waals surface area contributed by atoms with E-state index in [1.54, 1.807) is 13.3 Å². The Bertz CT molecular complexity index is 1000. The van der Waals surface area contributed by atoms with E-state index in [2.05, 4.69) is 32.5 Å². The average Bonchev–Trinajstić information content (AvgIpc) is 2.75. The average molecular weight is 389 g/mol. The Morgan fingerprint density at radius 2 is 1.93 bits per heavy atom. The number of aryl methyl sites for hydroxylation is 1. The van der Waals surface area contributed by atoms with Gasteiger partial charge >= 0.3 is 0 Å². The third-order valence-corrected chi connectivity index (χ3v) is 4.17. The standard InChI is InChI=1S/C22H23N5O2/c1-4-20(28)23-14-16-8-10-17(11-9-16)25-21-15(2)13-24-22(27-21)26-18-6-5-7-19(12-18)29-3/h4-13H,1,14H2,2-3H3,(H,23,28)(H2,24,25,26,27). The number of hydrogen-bond donors (Lipinski definition) is 3. The van der Waals surface area contributed by atoms with Crippen LogP contribution in [0, 0.1) is 6.92 Å². The van der Waals surface area contributed by atoms with E-state index in [4.69, 9.17) is 4.74 Å². The maximum atomic E-state index is 11.3. The quantitative estimate of drug-likeness (QED) is 0.503. The molecule has 3 aromatic rings. The predicted octanol–water partition coefficient (Wildman–Crippen LogP) is 4.08. The predicted molar refractivity (Wildman–Crippen MR) is 115 cm³/mol. The van der Waals surface area contributed by atoms with Crippen molar-refractivity contribution in [1.29, 1.82) is 0 Å². The molecular weight excluding hydrogens is 366 g/mol. The van der Waals surface area contributed by atoms with Crippen LogP contribution in [0.3, 0.4) is 0 Å². The number of nitrogens with zero attached hydrogens (tertiary/aromatic N) is 2. The van der Waals surface area contributed by atoms with Crippen LogP contribution in [-0.2, 0) is 11.3 Å². The zero-order chi connectivity index (χ0) is 20.6. The molecule has 1 aromatic heterocycles. The second-order valence-electron chi connectivity index (χ2n) is 6.33. The van der Waals surface area contributed by atoms with Crippen LogP contribution >= 0.6 is 0 Å². The van der Waals surface area contributed by atoms with Crippen molar-refractivity contribution in [3.8, 4) is 5.75 Å². The van der Waals surface area contributed by atoms with Crippen molar-refractivity contribution in [3.05, 3.63) is 78.5 Å². The molecule has 0 saturated heterocycles.